The predicted molar refractivity (Wildman–Crippen MR) is 110 cm³/mol. The summed E-state index contributed by atoms with van der Waals surface area (Å²) in [6.07, 6.45) is -3.55. The summed E-state index contributed by atoms with van der Waals surface area (Å²) in [4.78, 5) is 3.98. The maximum atomic E-state index is 13.0. The molecule has 0 saturated carbocycles. The first kappa shape index (κ1) is 22.4. The molecule has 0 spiro atoms. The molecule has 0 amide bonds. The van der Waals surface area contributed by atoms with Crippen molar-refractivity contribution in [2.75, 3.05) is 17.2 Å². The number of hydrogen-bond donors (Lipinski definition) is 0. The standard InChI is InChI=1S/C21H19F3N2O4S/c1-29-20-11-10-16(13-25-20)14-26(31(27,28)15-21(22,23)24)17-6-5-9-19(12-17)30-18-7-3-2-4-8-18/h2-13H,14-15H2,1H3. The molecule has 0 aliphatic carbocycles. The van der Waals surface area contributed by atoms with Gasteiger partial charge in [0, 0.05) is 18.3 Å². The molecule has 6 nitrogen and oxygen atoms in total. The number of anilines is 1. The van der Waals surface area contributed by atoms with Crippen LogP contribution in [0.4, 0.5) is 18.9 Å². The molecule has 0 fully saturated rings. The molecular formula is C21H19F3N2O4S. The highest BCUT2D eigenvalue weighted by Gasteiger charge is 2.38. The fraction of sp³-hybridized carbons (Fsp3) is 0.190. The highest BCUT2D eigenvalue weighted by molar-refractivity contribution is 7.92. The van der Waals surface area contributed by atoms with Gasteiger partial charge in [-0.2, -0.15) is 13.2 Å². The van der Waals surface area contributed by atoms with Crippen molar-refractivity contribution in [3.63, 3.8) is 0 Å². The molecular weight excluding hydrogens is 433 g/mol. The average Bonchev–Trinajstić information content (AvgIpc) is 2.71. The maximum absolute atomic E-state index is 13.0. The Hall–Kier alpha value is -3.27. The van der Waals surface area contributed by atoms with E-state index in [2.05, 4.69) is 4.98 Å². The Kier molecular flexibility index (Phi) is 6.69. The minimum atomic E-state index is -4.90. The molecule has 3 rings (SSSR count). The van der Waals surface area contributed by atoms with Crippen molar-refractivity contribution < 1.29 is 31.1 Å². The normalized spacial score (nSPS) is 11.7. The number of hydrogen-bond acceptors (Lipinski definition) is 5. The number of para-hydroxylation sites is 1. The summed E-state index contributed by atoms with van der Waals surface area (Å²) in [6, 6.07) is 17.6. The third-order valence-corrected chi connectivity index (χ3v) is 5.80. The van der Waals surface area contributed by atoms with Crippen molar-refractivity contribution in [1.82, 2.24) is 4.98 Å². The fourth-order valence-corrected chi connectivity index (χ4v) is 4.10. The third-order valence-electron chi connectivity index (χ3n) is 4.10. The first-order valence-electron chi connectivity index (χ1n) is 9.05. The topological polar surface area (TPSA) is 68.7 Å². The van der Waals surface area contributed by atoms with Crippen LogP contribution in [0.1, 0.15) is 5.56 Å². The quantitative estimate of drug-likeness (QED) is 0.492. The molecule has 0 radical (unpaired) electrons. The van der Waals surface area contributed by atoms with Gasteiger partial charge in [-0.3, -0.25) is 4.31 Å². The highest BCUT2D eigenvalue weighted by Crippen LogP contribution is 2.30. The average molecular weight is 452 g/mol. The summed E-state index contributed by atoms with van der Waals surface area (Å²) in [5.74, 6) is -0.910. The molecule has 164 valence electrons. The lowest BCUT2D eigenvalue weighted by Crippen LogP contribution is -2.37. The molecule has 3 aromatic rings. The van der Waals surface area contributed by atoms with E-state index in [0.717, 1.165) is 0 Å². The van der Waals surface area contributed by atoms with Crippen LogP contribution in [-0.2, 0) is 16.6 Å². The summed E-state index contributed by atoms with van der Waals surface area (Å²) in [5, 5.41) is 0. The molecule has 0 atom stereocenters. The van der Waals surface area contributed by atoms with Gasteiger partial charge in [0.1, 0.15) is 11.5 Å². The van der Waals surface area contributed by atoms with Gasteiger partial charge in [0.05, 0.1) is 19.3 Å². The minimum Gasteiger partial charge on any atom is -0.481 e. The van der Waals surface area contributed by atoms with Crippen LogP contribution in [0.25, 0.3) is 0 Å². The number of ether oxygens (including phenoxy) is 2. The van der Waals surface area contributed by atoms with Gasteiger partial charge in [-0.15, -0.1) is 0 Å². The van der Waals surface area contributed by atoms with Gasteiger partial charge in [-0.05, 0) is 29.8 Å². The van der Waals surface area contributed by atoms with Crippen LogP contribution < -0.4 is 13.8 Å². The first-order chi connectivity index (χ1) is 14.7. The van der Waals surface area contributed by atoms with Gasteiger partial charge >= 0.3 is 6.18 Å². The molecule has 31 heavy (non-hydrogen) atoms. The molecule has 0 saturated heterocycles. The predicted octanol–water partition coefficient (Wildman–Crippen LogP) is 4.78. The number of aromatic nitrogens is 1. The van der Waals surface area contributed by atoms with Crippen molar-refractivity contribution in [1.29, 1.82) is 0 Å². The monoisotopic (exact) mass is 452 g/mol. The molecule has 0 aliphatic heterocycles. The number of alkyl halides is 3. The van der Waals surface area contributed by atoms with Crippen LogP contribution in [0, 0.1) is 0 Å². The minimum absolute atomic E-state index is 0.0356. The summed E-state index contributed by atoms with van der Waals surface area (Å²) in [5.41, 5.74) is 0.425. The van der Waals surface area contributed by atoms with E-state index in [1.54, 1.807) is 36.4 Å². The van der Waals surface area contributed by atoms with Crippen LogP contribution in [0.15, 0.2) is 72.9 Å². The van der Waals surface area contributed by atoms with Crippen LogP contribution in [0.2, 0.25) is 0 Å². The summed E-state index contributed by atoms with van der Waals surface area (Å²) in [7, 11) is -3.33. The summed E-state index contributed by atoms with van der Waals surface area (Å²) in [6.45, 7) is -0.343. The molecule has 0 aliphatic rings. The van der Waals surface area contributed by atoms with Gasteiger partial charge in [0.15, 0.2) is 5.75 Å². The van der Waals surface area contributed by atoms with E-state index in [1.165, 1.54) is 43.6 Å². The lowest BCUT2D eigenvalue weighted by atomic mass is 10.2. The summed E-state index contributed by atoms with van der Waals surface area (Å²) >= 11 is 0. The van der Waals surface area contributed by atoms with Gasteiger partial charge < -0.3 is 9.47 Å². The summed E-state index contributed by atoms with van der Waals surface area (Å²) < 4.78 is 75.6. The lowest BCUT2D eigenvalue weighted by Gasteiger charge is -2.25. The van der Waals surface area contributed by atoms with Gasteiger partial charge in [-0.25, -0.2) is 13.4 Å². The number of nitrogens with zero attached hydrogens (tertiary/aromatic N) is 2. The molecule has 0 unspecified atom stereocenters. The zero-order chi connectivity index (χ0) is 22.5. The third kappa shape index (κ3) is 6.35. The van der Waals surface area contributed by atoms with Gasteiger partial charge in [0.25, 0.3) is 0 Å². The molecule has 0 bridgehead atoms. The van der Waals surface area contributed by atoms with Crippen LogP contribution in [0.5, 0.6) is 17.4 Å². The molecule has 10 heteroatoms. The van der Waals surface area contributed by atoms with Gasteiger partial charge in [-0.1, -0.05) is 30.3 Å². The van der Waals surface area contributed by atoms with E-state index in [9.17, 15) is 21.6 Å². The Morgan fingerprint density at radius 2 is 1.68 bits per heavy atom. The number of rotatable bonds is 8. The van der Waals surface area contributed by atoms with Crippen molar-refractivity contribution in [2.45, 2.75) is 12.7 Å². The number of halogens is 3. The van der Waals surface area contributed by atoms with Crippen molar-refractivity contribution in [3.05, 3.63) is 78.5 Å². The highest BCUT2D eigenvalue weighted by atomic mass is 32.2. The van der Waals surface area contributed by atoms with E-state index in [0.29, 0.717) is 21.5 Å². The SMILES string of the molecule is COc1ccc(CN(c2cccc(Oc3ccccc3)c2)S(=O)(=O)CC(F)(F)F)cn1. The molecule has 2 aromatic carbocycles. The second-order valence-electron chi connectivity index (χ2n) is 6.50. The Labute approximate surface area is 177 Å². The Balaban J connectivity index is 1.96. The smallest absolute Gasteiger partial charge is 0.404 e. The Morgan fingerprint density at radius 1 is 0.968 bits per heavy atom. The zero-order valence-corrected chi connectivity index (χ0v) is 17.2. The number of methoxy groups -OCH3 is 1. The number of pyridine rings is 1. The van der Waals surface area contributed by atoms with E-state index in [1.807, 2.05) is 0 Å². The molecule has 1 aromatic heterocycles. The van der Waals surface area contributed by atoms with E-state index in [4.69, 9.17) is 9.47 Å². The van der Waals surface area contributed by atoms with E-state index >= 15 is 0 Å². The second-order valence-corrected chi connectivity index (χ2v) is 8.39. The number of sulfonamides is 1. The van der Waals surface area contributed by atoms with Crippen LogP contribution in [0.3, 0.4) is 0 Å². The van der Waals surface area contributed by atoms with Crippen molar-refractivity contribution in [2.24, 2.45) is 0 Å². The largest absolute Gasteiger partial charge is 0.481 e. The first-order valence-corrected chi connectivity index (χ1v) is 10.7. The Bertz CT molecular complexity index is 1110. The van der Waals surface area contributed by atoms with Gasteiger partial charge in [0.2, 0.25) is 15.9 Å². The van der Waals surface area contributed by atoms with Crippen LogP contribution >= 0.6 is 0 Å². The second kappa shape index (κ2) is 9.25. The number of benzene rings is 2. The molecule has 1 heterocycles. The van der Waals surface area contributed by atoms with E-state index < -0.39 is 22.0 Å². The zero-order valence-electron chi connectivity index (χ0n) is 16.4. The Morgan fingerprint density at radius 3 is 2.29 bits per heavy atom. The van der Waals surface area contributed by atoms with Crippen molar-refractivity contribution >= 4 is 15.7 Å². The molecule has 0 N–H and O–H groups in total. The maximum Gasteiger partial charge on any atom is 0.404 e. The van der Waals surface area contributed by atoms with Crippen molar-refractivity contribution in [3.8, 4) is 17.4 Å². The lowest BCUT2D eigenvalue weighted by molar-refractivity contribution is -0.106. The fourth-order valence-electron chi connectivity index (χ4n) is 2.75. The van der Waals surface area contributed by atoms with Crippen LogP contribution in [-0.4, -0.2) is 32.4 Å². The van der Waals surface area contributed by atoms with E-state index in [-0.39, 0.29) is 18.0 Å².